The summed E-state index contributed by atoms with van der Waals surface area (Å²) in [5.74, 6) is -1.10. The second-order valence-corrected chi connectivity index (χ2v) is 4.07. The summed E-state index contributed by atoms with van der Waals surface area (Å²) in [5.41, 5.74) is 0.384. The summed E-state index contributed by atoms with van der Waals surface area (Å²) in [6.45, 7) is 0. The Balaban J connectivity index is 2.44. The van der Waals surface area contributed by atoms with E-state index in [2.05, 4.69) is 0 Å². The number of benzene rings is 2. The van der Waals surface area contributed by atoms with E-state index in [0.717, 1.165) is 6.07 Å². The Morgan fingerprint density at radius 1 is 1.17 bits per heavy atom. The van der Waals surface area contributed by atoms with Gasteiger partial charge in [-0.2, -0.15) is 0 Å². The van der Waals surface area contributed by atoms with Crippen LogP contribution in [0.25, 0.3) is 0 Å². The van der Waals surface area contributed by atoms with Crippen LogP contribution in [0.4, 0.5) is 4.39 Å². The molecule has 0 heterocycles. The molecular formula is C14H8ClFO2. The fourth-order valence-corrected chi connectivity index (χ4v) is 1.79. The standard InChI is InChI=1S/C14H8ClFO2/c15-12-4-2-1-3-11(12)14(18)9-5-6-10(8-17)13(16)7-9/h1-8H. The van der Waals surface area contributed by atoms with E-state index in [0.29, 0.717) is 16.9 Å². The minimum absolute atomic E-state index is 0.0780. The van der Waals surface area contributed by atoms with E-state index < -0.39 is 5.82 Å². The van der Waals surface area contributed by atoms with Gasteiger partial charge in [-0.05, 0) is 24.3 Å². The van der Waals surface area contributed by atoms with Crippen molar-refractivity contribution in [3.05, 3.63) is 70.0 Å². The molecule has 2 rings (SSSR count). The number of halogens is 2. The molecule has 0 aliphatic carbocycles. The summed E-state index contributed by atoms with van der Waals surface area (Å²) < 4.78 is 13.4. The highest BCUT2D eigenvalue weighted by Gasteiger charge is 2.14. The zero-order valence-electron chi connectivity index (χ0n) is 9.19. The fourth-order valence-electron chi connectivity index (χ4n) is 1.56. The zero-order chi connectivity index (χ0) is 13.1. The van der Waals surface area contributed by atoms with Gasteiger partial charge in [-0.25, -0.2) is 4.39 Å². The maximum Gasteiger partial charge on any atom is 0.194 e. The first kappa shape index (κ1) is 12.5. The number of carbonyl (C=O) groups is 2. The average Bonchev–Trinajstić information content (AvgIpc) is 2.38. The Morgan fingerprint density at radius 3 is 2.50 bits per heavy atom. The molecule has 0 aromatic heterocycles. The SMILES string of the molecule is O=Cc1ccc(C(=O)c2ccccc2Cl)cc1F. The molecule has 0 aliphatic rings. The van der Waals surface area contributed by atoms with Gasteiger partial charge in [0.1, 0.15) is 5.82 Å². The van der Waals surface area contributed by atoms with E-state index in [1.165, 1.54) is 12.1 Å². The molecule has 0 saturated heterocycles. The normalized spacial score (nSPS) is 10.1. The van der Waals surface area contributed by atoms with Crippen molar-refractivity contribution in [2.45, 2.75) is 0 Å². The first-order chi connectivity index (χ1) is 8.63. The molecule has 0 spiro atoms. The molecule has 0 bridgehead atoms. The first-order valence-electron chi connectivity index (χ1n) is 5.17. The highest BCUT2D eigenvalue weighted by molar-refractivity contribution is 6.34. The molecule has 2 aromatic carbocycles. The summed E-state index contributed by atoms with van der Waals surface area (Å²) in [6.07, 6.45) is 0.402. The number of rotatable bonds is 3. The van der Waals surface area contributed by atoms with Crippen LogP contribution < -0.4 is 0 Å². The Bertz CT molecular complexity index is 623. The molecule has 0 amide bonds. The van der Waals surface area contributed by atoms with Gasteiger partial charge in [0.15, 0.2) is 12.1 Å². The van der Waals surface area contributed by atoms with Crippen molar-refractivity contribution in [3.8, 4) is 0 Å². The van der Waals surface area contributed by atoms with E-state index in [1.807, 2.05) is 0 Å². The van der Waals surface area contributed by atoms with Crippen molar-refractivity contribution in [1.29, 1.82) is 0 Å². The third-order valence-electron chi connectivity index (χ3n) is 2.51. The molecule has 18 heavy (non-hydrogen) atoms. The summed E-state index contributed by atoms with van der Waals surface area (Å²) in [4.78, 5) is 22.6. The van der Waals surface area contributed by atoms with Crippen LogP contribution in [-0.4, -0.2) is 12.1 Å². The minimum atomic E-state index is -0.720. The molecule has 0 atom stereocenters. The fraction of sp³-hybridized carbons (Fsp3) is 0. The van der Waals surface area contributed by atoms with Crippen molar-refractivity contribution < 1.29 is 14.0 Å². The quantitative estimate of drug-likeness (QED) is 0.626. The molecule has 2 nitrogen and oxygen atoms in total. The first-order valence-corrected chi connectivity index (χ1v) is 5.55. The second-order valence-electron chi connectivity index (χ2n) is 3.66. The molecule has 0 aliphatic heterocycles. The van der Waals surface area contributed by atoms with Crippen molar-refractivity contribution >= 4 is 23.7 Å². The smallest absolute Gasteiger partial charge is 0.194 e. The number of aldehydes is 1. The monoisotopic (exact) mass is 262 g/mol. The molecule has 0 unspecified atom stereocenters. The van der Waals surface area contributed by atoms with Crippen molar-refractivity contribution in [2.24, 2.45) is 0 Å². The summed E-state index contributed by atoms with van der Waals surface area (Å²) in [5, 5.41) is 0.308. The van der Waals surface area contributed by atoms with Crippen molar-refractivity contribution in [2.75, 3.05) is 0 Å². The van der Waals surface area contributed by atoms with Crippen LogP contribution in [0.5, 0.6) is 0 Å². The van der Waals surface area contributed by atoms with Crippen LogP contribution in [0.15, 0.2) is 42.5 Å². The number of ketones is 1. The van der Waals surface area contributed by atoms with Gasteiger partial charge >= 0.3 is 0 Å². The van der Waals surface area contributed by atoms with E-state index in [4.69, 9.17) is 11.6 Å². The Kier molecular flexibility index (Phi) is 3.53. The largest absolute Gasteiger partial charge is 0.298 e. The summed E-state index contributed by atoms with van der Waals surface area (Å²) in [6, 6.07) is 10.2. The molecule has 0 N–H and O–H groups in total. The Labute approximate surface area is 108 Å². The average molecular weight is 263 g/mol. The highest BCUT2D eigenvalue weighted by Crippen LogP contribution is 2.20. The van der Waals surface area contributed by atoms with Gasteiger partial charge < -0.3 is 0 Å². The maximum atomic E-state index is 13.4. The van der Waals surface area contributed by atoms with E-state index in [1.54, 1.807) is 24.3 Å². The summed E-state index contributed by atoms with van der Waals surface area (Å²) in [7, 11) is 0. The van der Waals surface area contributed by atoms with Gasteiger partial charge in [-0.3, -0.25) is 9.59 Å². The molecule has 0 fully saturated rings. The summed E-state index contributed by atoms with van der Waals surface area (Å²) >= 11 is 5.90. The number of hydrogen-bond donors (Lipinski definition) is 0. The minimum Gasteiger partial charge on any atom is -0.298 e. The van der Waals surface area contributed by atoms with Crippen molar-refractivity contribution in [3.63, 3.8) is 0 Å². The Morgan fingerprint density at radius 2 is 1.89 bits per heavy atom. The van der Waals surface area contributed by atoms with Gasteiger partial charge in [0.25, 0.3) is 0 Å². The molecule has 4 heteroatoms. The lowest BCUT2D eigenvalue weighted by Crippen LogP contribution is -2.03. The van der Waals surface area contributed by atoms with Crippen LogP contribution in [0.3, 0.4) is 0 Å². The van der Waals surface area contributed by atoms with Gasteiger partial charge in [0.2, 0.25) is 0 Å². The zero-order valence-corrected chi connectivity index (χ0v) is 9.95. The molecule has 2 aromatic rings. The predicted molar refractivity (Wildman–Crippen MR) is 66.7 cm³/mol. The van der Waals surface area contributed by atoms with Crippen LogP contribution in [-0.2, 0) is 0 Å². The van der Waals surface area contributed by atoms with Crippen LogP contribution in [0.2, 0.25) is 5.02 Å². The molecule has 90 valence electrons. The van der Waals surface area contributed by atoms with Crippen LogP contribution in [0.1, 0.15) is 26.3 Å². The second kappa shape index (κ2) is 5.10. The number of hydrogen-bond acceptors (Lipinski definition) is 2. The third kappa shape index (κ3) is 2.31. The van der Waals surface area contributed by atoms with Crippen LogP contribution >= 0.6 is 11.6 Å². The van der Waals surface area contributed by atoms with Crippen LogP contribution in [0, 0.1) is 5.82 Å². The van der Waals surface area contributed by atoms with E-state index in [-0.39, 0.29) is 16.9 Å². The van der Waals surface area contributed by atoms with E-state index in [9.17, 15) is 14.0 Å². The molecule has 0 radical (unpaired) electrons. The lowest BCUT2D eigenvalue weighted by atomic mass is 10.0. The molecule has 0 saturated carbocycles. The third-order valence-corrected chi connectivity index (χ3v) is 2.84. The lowest BCUT2D eigenvalue weighted by Gasteiger charge is -2.04. The predicted octanol–water partition coefficient (Wildman–Crippen LogP) is 3.52. The van der Waals surface area contributed by atoms with Gasteiger partial charge in [0.05, 0.1) is 10.6 Å². The van der Waals surface area contributed by atoms with Crippen molar-refractivity contribution in [1.82, 2.24) is 0 Å². The lowest BCUT2D eigenvalue weighted by molar-refractivity contribution is 0.103. The Hall–Kier alpha value is -2.00. The maximum absolute atomic E-state index is 13.4. The van der Waals surface area contributed by atoms with Gasteiger partial charge in [-0.15, -0.1) is 0 Å². The molecular weight excluding hydrogens is 255 g/mol. The van der Waals surface area contributed by atoms with Gasteiger partial charge in [-0.1, -0.05) is 29.8 Å². The topological polar surface area (TPSA) is 34.1 Å². The number of carbonyl (C=O) groups excluding carboxylic acids is 2. The van der Waals surface area contributed by atoms with E-state index >= 15 is 0 Å². The van der Waals surface area contributed by atoms with Gasteiger partial charge in [0, 0.05) is 11.1 Å². The highest BCUT2D eigenvalue weighted by atomic mass is 35.5.